The van der Waals surface area contributed by atoms with Gasteiger partial charge in [-0.2, -0.15) is 0 Å². The highest BCUT2D eigenvalue weighted by molar-refractivity contribution is 7.98. The van der Waals surface area contributed by atoms with Crippen LogP contribution in [-0.4, -0.2) is 4.98 Å². The molecule has 100 valence electrons. The second-order valence-electron chi connectivity index (χ2n) is 4.49. The van der Waals surface area contributed by atoms with Crippen LogP contribution in [0.1, 0.15) is 5.56 Å². The van der Waals surface area contributed by atoms with Crippen molar-refractivity contribution in [3.05, 3.63) is 65.4 Å². The van der Waals surface area contributed by atoms with Crippen molar-refractivity contribution in [1.29, 1.82) is 0 Å². The minimum atomic E-state index is 0.766. The van der Waals surface area contributed by atoms with E-state index in [2.05, 4.69) is 23.2 Å². The van der Waals surface area contributed by atoms with Gasteiger partial charge in [-0.15, -0.1) is 11.8 Å². The van der Waals surface area contributed by atoms with Crippen LogP contribution in [0, 0.1) is 0 Å². The van der Waals surface area contributed by atoms with E-state index in [1.807, 2.05) is 30.5 Å². The number of nitrogens with two attached hydrogens (primary N) is 1. The Labute approximate surface area is 127 Å². The molecular weight excluding hydrogens is 288 g/mol. The number of benzene rings is 2. The number of thioether (sulfide) groups is 1. The van der Waals surface area contributed by atoms with Gasteiger partial charge in [-0.05, 0) is 35.9 Å². The fraction of sp³-hybridized carbons (Fsp3) is 0.0625. The Balaban J connectivity index is 1.88. The quantitative estimate of drug-likeness (QED) is 0.560. The van der Waals surface area contributed by atoms with Crippen LogP contribution in [0.2, 0.25) is 5.02 Å². The lowest BCUT2D eigenvalue weighted by molar-refractivity contribution is 1.35. The second-order valence-corrected chi connectivity index (χ2v) is 5.94. The predicted octanol–water partition coefficient (Wildman–Crippen LogP) is 4.76. The van der Waals surface area contributed by atoms with Crippen LogP contribution < -0.4 is 5.73 Å². The minimum absolute atomic E-state index is 0.766. The largest absolute Gasteiger partial charge is 0.398 e. The molecule has 0 saturated carbocycles. The van der Waals surface area contributed by atoms with Gasteiger partial charge in [-0.1, -0.05) is 23.7 Å². The number of nitrogen functional groups attached to an aromatic ring is 1. The van der Waals surface area contributed by atoms with Crippen LogP contribution in [0.25, 0.3) is 10.8 Å². The molecule has 2 N–H and O–H groups in total. The summed E-state index contributed by atoms with van der Waals surface area (Å²) in [5, 5.41) is 2.93. The Morgan fingerprint density at radius 2 is 1.80 bits per heavy atom. The maximum atomic E-state index is 5.99. The molecule has 2 nitrogen and oxygen atoms in total. The summed E-state index contributed by atoms with van der Waals surface area (Å²) >= 11 is 7.69. The van der Waals surface area contributed by atoms with E-state index in [4.69, 9.17) is 17.3 Å². The van der Waals surface area contributed by atoms with Crippen LogP contribution >= 0.6 is 23.4 Å². The molecule has 0 aliphatic heterocycles. The molecule has 3 rings (SSSR count). The molecule has 1 heterocycles. The molecule has 0 saturated heterocycles. The van der Waals surface area contributed by atoms with Gasteiger partial charge in [0, 0.05) is 44.5 Å². The summed E-state index contributed by atoms with van der Waals surface area (Å²) in [7, 11) is 0. The summed E-state index contributed by atoms with van der Waals surface area (Å²) < 4.78 is 0. The minimum Gasteiger partial charge on any atom is -0.398 e. The van der Waals surface area contributed by atoms with E-state index in [1.165, 1.54) is 10.5 Å². The normalized spacial score (nSPS) is 10.8. The molecule has 0 radical (unpaired) electrons. The summed E-state index contributed by atoms with van der Waals surface area (Å²) in [6.45, 7) is 0. The first-order chi connectivity index (χ1) is 9.74. The summed E-state index contributed by atoms with van der Waals surface area (Å²) in [5.41, 5.74) is 8.00. The zero-order valence-corrected chi connectivity index (χ0v) is 12.3. The highest BCUT2D eigenvalue weighted by Crippen LogP contribution is 2.32. The molecule has 3 aromatic rings. The molecule has 0 aliphatic rings. The number of halogens is 1. The third-order valence-corrected chi connectivity index (χ3v) is 4.52. The van der Waals surface area contributed by atoms with Gasteiger partial charge in [-0.25, -0.2) is 0 Å². The third kappa shape index (κ3) is 2.74. The third-order valence-electron chi connectivity index (χ3n) is 3.12. The van der Waals surface area contributed by atoms with E-state index in [0.29, 0.717) is 0 Å². The van der Waals surface area contributed by atoms with Crippen LogP contribution in [-0.2, 0) is 5.75 Å². The summed E-state index contributed by atoms with van der Waals surface area (Å²) in [6.07, 6.45) is 3.62. The molecule has 0 bridgehead atoms. The number of nitrogens with zero attached hydrogens (tertiary/aromatic N) is 1. The Kier molecular flexibility index (Phi) is 3.81. The van der Waals surface area contributed by atoms with Gasteiger partial charge in [0.05, 0.1) is 0 Å². The highest BCUT2D eigenvalue weighted by atomic mass is 35.5. The summed E-state index contributed by atoms with van der Waals surface area (Å²) in [4.78, 5) is 5.35. The first kappa shape index (κ1) is 13.3. The van der Waals surface area contributed by atoms with Crippen molar-refractivity contribution in [2.24, 2.45) is 0 Å². The number of hydrogen-bond donors (Lipinski definition) is 1. The van der Waals surface area contributed by atoms with Crippen molar-refractivity contribution >= 4 is 39.8 Å². The Hall–Kier alpha value is -1.71. The second kappa shape index (κ2) is 5.73. The lowest BCUT2D eigenvalue weighted by atomic mass is 10.1. The fourth-order valence-electron chi connectivity index (χ4n) is 2.05. The number of fused-ring (bicyclic) bond motifs is 1. The van der Waals surface area contributed by atoms with Crippen LogP contribution in [0.3, 0.4) is 0 Å². The lowest BCUT2D eigenvalue weighted by Crippen LogP contribution is -1.89. The average Bonchev–Trinajstić information content (AvgIpc) is 2.49. The lowest BCUT2D eigenvalue weighted by Gasteiger charge is -2.08. The van der Waals surface area contributed by atoms with Crippen LogP contribution in [0.4, 0.5) is 5.69 Å². The molecule has 0 spiro atoms. The van der Waals surface area contributed by atoms with E-state index < -0.39 is 0 Å². The molecule has 1 aromatic heterocycles. The van der Waals surface area contributed by atoms with Gasteiger partial charge in [0.2, 0.25) is 0 Å². The molecule has 4 heteroatoms. The first-order valence-electron chi connectivity index (χ1n) is 6.23. The topological polar surface area (TPSA) is 38.9 Å². The smallest absolute Gasteiger partial charge is 0.0410 e. The molecule has 0 fully saturated rings. The van der Waals surface area contributed by atoms with Crippen LogP contribution in [0.5, 0.6) is 0 Å². The molecule has 20 heavy (non-hydrogen) atoms. The van der Waals surface area contributed by atoms with Gasteiger partial charge in [0.25, 0.3) is 0 Å². The molecular formula is C16H13ClN2S. The van der Waals surface area contributed by atoms with Crippen molar-refractivity contribution < 1.29 is 0 Å². The molecule has 0 atom stereocenters. The van der Waals surface area contributed by atoms with E-state index in [-0.39, 0.29) is 0 Å². The van der Waals surface area contributed by atoms with Gasteiger partial charge in [0.15, 0.2) is 0 Å². The zero-order chi connectivity index (χ0) is 13.9. The number of rotatable bonds is 3. The van der Waals surface area contributed by atoms with Crippen LogP contribution in [0.15, 0.2) is 59.8 Å². The monoisotopic (exact) mass is 300 g/mol. The molecule has 2 aromatic carbocycles. The molecule has 0 unspecified atom stereocenters. The van der Waals surface area contributed by atoms with Gasteiger partial charge < -0.3 is 5.73 Å². The predicted molar refractivity (Wildman–Crippen MR) is 87.2 cm³/mol. The maximum absolute atomic E-state index is 5.99. The Morgan fingerprint density at radius 1 is 1.00 bits per heavy atom. The van der Waals surface area contributed by atoms with E-state index in [0.717, 1.165) is 27.2 Å². The van der Waals surface area contributed by atoms with E-state index in [1.54, 1.807) is 18.0 Å². The Bertz CT molecular complexity index is 741. The zero-order valence-electron chi connectivity index (χ0n) is 10.7. The Morgan fingerprint density at radius 3 is 2.60 bits per heavy atom. The fourth-order valence-corrected chi connectivity index (χ4v) is 3.19. The van der Waals surface area contributed by atoms with Gasteiger partial charge in [0.1, 0.15) is 0 Å². The maximum Gasteiger partial charge on any atom is 0.0410 e. The van der Waals surface area contributed by atoms with Gasteiger partial charge in [-0.3, -0.25) is 4.98 Å². The van der Waals surface area contributed by atoms with Crippen molar-refractivity contribution in [2.75, 3.05) is 5.73 Å². The molecule has 0 amide bonds. The van der Waals surface area contributed by atoms with Crippen molar-refractivity contribution in [3.63, 3.8) is 0 Å². The number of aromatic nitrogens is 1. The number of hydrogen-bond acceptors (Lipinski definition) is 3. The standard InChI is InChI=1S/C16H13ClN2S/c17-12-3-1-11(2-4-12)10-20-16-6-5-15(18)14-9-19-8-7-13(14)16/h1-9H,10,18H2. The van der Waals surface area contributed by atoms with Gasteiger partial charge >= 0.3 is 0 Å². The average molecular weight is 301 g/mol. The van der Waals surface area contributed by atoms with E-state index >= 15 is 0 Å². The van der Waals surface area contributed by atoms with Crippen molar-refractivity contribution in [3.8, 4) is 0 Å². The van der Waals surface area contributed by atoms with Crippen molar-refractivity contribution in [1.82, 2.24) is 4.98 Å². The molecule has 0 aliphatic carbocycles. The summed E-state index contributed by atoms with van der Waals surface area (Å²) in [5.74, 6) is 0.901. The number of anilines is 1. The SMILES string of the molecule is Nc1ccc(SCc2ccc(Cl)cc2)c2ccncc12. The number of pyridine rings is 1. The highest BCUT2D eigenvalue weighted by Gasteiger charge is 2.05. The van der Waals surface area contributed by atoms with E-state index in [9.17, 15) is 0 Å². The van der Waals surface area contributed by atoms with Crippen molar-refractivity contribution in [2.45, 2.75) is 10.6 Å². The summed E-state index contributed by atoms with van der Waals surface area (Å²) in [6, 6.07) is 14.0. The first-order valence-corrected chi connectivity index (χ1v) is 7.60.